The maximum atomic E-state index is 14.8. The Hall–Kier alpha value is -4.16. The topological polar surface area (TPSA) is 163 Å². The molecule has 1 unspecified atom stereocenters. The number of aromatic amines is 1. The smallest absolute Gasteiger partial charge is 0.209 e. The minimum absolute atomic E-state index is 0.0275. The van der Waals surface area contributed by atoms with Crippen LogP contribution in [0.15, 0.2) is 72.0 Å². The molecule has 1 saturated carbocycles. The predicted molar refractivity (Wildman–Crippen MR) is 191 cm³/mol. The third-order valence-electron chi connectivity index (χ3n) is 9.42. The number of nitrogens with zero attached hydrogens (tertiary/aromatic N) is 1. The molecule has 0 amide bonds. The van der Waals surface area contributed by atoms with E-state index >= 15 is 0 Å². The second-order valence-electron chi connectivity index (χ2n) is 13.3. The van der Waals surface area contributed by atoms with Crippen molar-refractivity contribution < 1.29 is 12.8 Å². The molecule has 1 fully saturated rings. The number of rotatable bonds is 11. The van der Waals surface area contributed by atoms with Crippen molar-refractivity contribution in [2.45, 2.75) is 58.0 Å². The highest BCUT2D eigenvalue weighted by Crippen LogP contribution is 2.34. The number of nitrogen functional groups attached to an aromatic ring is 1. The SMILES string of the molecule is CC1=CC=C(c2cc(F)cc(CNS(C)(=O)=O)c2)c2cc(C(=N)c3cc(C4=CCC(N)C(CNCC5CCCC5)=C4)cnc3N)[nH]c2C1. The average molecular weight is 670 g/mol. The molecule has 0 aliphatic heterocycles. The summed E-state index contributed by atoms with van der Waals surface area (Å²) >= 11 is 0. The second-order valence-corrected chi connectivity index (χ2v) is 15.2. The minimum atomic E-state index is -3.45. The second kappa shape index (κ2) is 14.1. The molecule has 2 aromatic heterocycles. The van der Waals surface area contributed by atoms with E-state index in [0.29, 0.717) is 28.8 Å². The molecule has 3 aliphatic rings. The first-order valence-electron chi connectivity index (χ1n) is 16.5. The van der Waals surface area contributed by atoms with Crippen LogP contribution in [0.4, 0.5) is 10.2 Å². The lowest BCUT2D eigenvalue weighted by molar-refractivity contribution is 0.497. The van der Waals surface area contributed by atoms with Crippen LogP contribution in [0.25, 0.3) is 11.1 Å². The molecule has 0 spiro atoms. The number of nitrogens with two attached hydrogens (primary N) is 2. The third-order valence-corrected chi connectivity index (χ3v) is 10.1. The van der Waals surface area contributed by atoms with Gasteiger partial charge in [0.1, 0.15) is 11.6 Å². The van der Waals surface area contributed by atoms with Gasteiger partial charge in [0, 0.05) is 54.1 Å². The van der Waals surface area contributed by atoms with Gasteiger partial charge >= 0.3 is 0 Å². The van der Waals surface area contributed by atoms with Gasteiger partial charge in [0.25, 0.3) is 0 Å². The van der Waals surface area contributed by atoms with Crippen LogP contribution in [-0.2, 0) is 23.0 Å². The largest absolute Gasteiger partial charge is 0.383 e. The van der Waals surface area contributed by atoms with Crippen LogP contribution in [0.2, 0.25) is 0 Å². The van der Waals surface area contributed by atoms with E-state index in [2.05, 4.69) is 32.2 Å². The van der Waals surface area contributed by atoms with Gasteiger partial charge in [0.15, 0.2) is 0 Å². The van der Waals surface area contributed by atoms with E-state index in [0.717, 1.165) is 70.8 Å². The van der Waals surface area contributed by atoms with Gasteiger partial charge in [-0.15, -0.1) is 0 Å². The minimum Gasteiger partial charge on any atom is -0.383 e. The Morgan fingerprint density at radius 2 is 1.90 bits per heavy atom. The summed E-state index contributed by atoms with van der Waals surface area (Å²) in [6.45, 7) is 3.75. The van der Waals surface area contributed by atoms with Crippen molar-refractivity contribution in [2.24, 2.45) is 11.7 Å². The zero-order chi connectivity index (χ0) is 34.0. The fraction of sp³-hybridized carbons (Fsp3) is 0.351. The molecule has 0 saturated heterocycles. The Balaban J connectivity index is 1.26. The number of halogens is 1. The first-order valence-corrected chi connectivity index (χ1v) is 18.4. The number of H-pyrrole nitrogens is 1. The number of allylic oxidation sites excluding steroid dienone is 5. The third kappa shape index (κ3) is 7.92. The number of hydrogen-bond donors (Lipinski definition) is 6. The van der Waals surface area contributed by atoms with E-state index in [1.165, 1.54) is 37.8 Å². The van der Waals surface area contributed by atoms with Crippen molar-refractivity contribution in [2.75, 3.05) is 25.1 Å². The van der Waals surface area contributed by atoms with Gasteiger partial charge in [0.05, 0.1) is 17.7 Å². The van der Waals surface area contributed by atoms with Crippen LogP contribution in [0.5, 0.6) is 0 Å². The monoisotopic (exact) mass is 669 g/mol. The summed E-state index contributed by atoms with van der Waals surface area (Å²) in [6.07, 6.45) is 17.6. The van der Waals surface area contributed by atoms with Crippen LogP contribution in [-0.4, -0.2) is 49.5 Å². The highest BCUT2D eigenvalue weighted by Gasteiger charge is 2.23. The number of sulfonamides is 1. The highest BCUT2D eigenvalue weighted by molar-refractivity contribution is 7.88. The van der Waals surface area contributed by atoms with Gasteiger partial charge in [-0.1, -0.05) is 42.7 Å². The Bertz CT molecular complexity index is 1970. The van der Waals surface area contributed by atoms with E-state index in [9.17, 15) is 18.2 Å². The molecule has 1 atom stereocenters. The number of aromatic nitrogens is 2. The number of hydrogen-bond acceptors (Lipinski definition) is 7. The Morgan fingerprint density at radius 1 is 1.10 bits per heavy atom. The van der Waals surface area contributed by atoms with Gasteiger partial charge in [-0.25, -0.2) is 22.5 Å². The number of pyridine rings is 1. The molecule has 11 heteroatoms. The molecule has 252 valence electrons. The van der Waals surface area contributed by atoms with Gasteiger partial charge in [-0.2, -0.15) is 0 Å². The molecular formula is C37H44FN7O2S. The lowest BCUT2D eigenvalue weighted by Gasteiger charge is -2.22. The van der Waals surface area contributed by atoms with E-state index in [-0.39, 0.29) is 24.1 Å². The maximum Gasteiger partial charge on any atom is 0.209 e. The lowest BCUT2D eigenvalue weighted by Crippen LogP contribution is -2.32. The molecular weight excluding hydrogens is 626 g/mol. The van der Waals surface area contributed by atoms with Gasteiger partial charge in [-0.3, -0.25) is 5.41 Å². The first kappa shape index (κ1) is 33.7. The molecule has 8 N–H and O–H groups in total. The van der Waals surface area contributed by atoms with Crippen molar-refractivity contribution in [3.8, 4) is 0 Å². The van der Waals surface area contributed by atoms with Crippen LogP contribution >= 0.6 is 0 Å². The summed E-state index contributed by atoms with van der Waals surface area (Å²) in [5.41, 5.74) is 21.8. The number of nitrogens with one attached hydrogen (secondary N) is 4. The number of fused-ring (bicyclic) bond motifs is 1. The molecule has 6 rings (SSSR count). The normalized spacial score (nSPS) is 18.5. The van der Waals surface area contributed by atoms with E-state index in [1.807, 2.05) is 31.2 Å². The van der Waals surface area contributed by atoms with Crippen LogP contribution < -0.4 is 21.5 Å². The van der Waals surface area contributed by atoms with Crippen molar-refractivity contribution in [3.63, 3.8) is 0 Å². The Morgan fingerprint density at radius 3 is 2.67 bits per heavy atom. The summed E-state index contributed by atoms with van der Waals surface area (Å²) in [6, 6.07) is 8.31. The Kier molecular flexibility index (Phi) is 9.93. The predicted octanol–water partition coefficient (Wildman–Crippen LogP) is 5.35. The summed E-state index contributed by atoms with van der Waals surface area (Å²) < 4.78 is 40.6. The number of anilines is 1. The van der Waals surface area contributed by atoms with Gasteiger partial charge in [-0.05, 0) is 96.8 Å². The fourth-order valence-electron chi connectivity index (χ4n) is 6.81. The van der Waals surface area contributed by atoms with Crippen molar-refractivity contribution >= 4 is 32.7 Å². The van der Waals surface area contributed by atoms with Crippen LogP contribution in [0.3, 0.4) is 0 Å². The lowest BCUT2D eigenvalue weighted by atomic mass is 9.91. The van der Waals surface area contributed by atoms with Crippen molar-refractivity contribution in [1.29, 1.82) is 5.41 Å². The van der Waals surface area contributed by atoms with E-state index < -0.39 is 15.8 Å². The summed E-state index contributed by atoms with van der Waals surface area (Å²) in [5.74, 6) is 0.536. The quantitative estimate of drug-likeness (QED) is 0.151. The van der Waals surface area contributed by atoms with E-state index in [4.69, 9.17) is 11.5 Å². The molecule has 1 aromatic carbocycles. The molecule has 0 radical (unpaired) electrons. The molecule has 48 heavy (non-hydrogen) atoms. The molecule has 0 bridgehead atoms. The van der Waals surface area contributed by atoms with E-state index in [1.54, 1.807) is 12.3 Å². The van der Waals surface area contributed by atoms with Gasteiger partial charge < -0.3 is 21.8 Å². The van der Waals surface area contributed by atoms with Gasteiger partial charge in [0.2, 0.25) is 10.0 Å². The number of benzene rings is 1. The van der Waals surface area contributed by atoms with Crippen molar-refractivity contribution in [3.05, 3.63) is 117 Å². The summed E-state index contributed by atoms with van der Waals surface area (Å²) in [4.78, 5) is 7.92. The fourth-order valence-corrected chi connectivity index (χ4v) is 7.24. The van der Waals surface area contributed by atoms with Crippen molar-refractivity contribution in [1.82, 2.24) is 20.0 Å². The Labute approximate surface area is 282 Å². The summed E-state index contributed by atoms with van der Waals surface area (Å²) in [7, 11) is -3.45. The van der Waals surface area contributed by atoms with Crippen LogP contribution in [0, 0.1) is 17.1 Å². The molecule has 9 nitrogen and oxygen atoms in total. The zero-order valence-corrected chi connectivity index (χ0v) is 28.3. The maximum absolute atomic E-state index is 14.8. The summed E-state index contributed by atoms with van der Waals surface area (Å²) in [5, 5.41) is 12.8. The standard InChI is InChI=1S/C37H44FN7O2S/c1-22-7-9-30(26-12-24(13-29(38)15-26)19-44-48(2,46)47)31-17-35(45-34(31)11-22)36(40)32-16-27(21-43-37(32)41)25-8-10-33(39)28(14-25)20-42-18-23-5-3-4-6-23/h7-9,12-17,21,23,33,40,42,44-45H,3-6,10-11,18-20,39H2,1-2H3,(H2,41,43). The average Bonchev–Trinajstić information content (AvgIpc) is 3.68. The molecule has 3 aromatic rings. The molecule has 3 aliphatic carbocycles. The first-order chi connectivity index (χ1) is 22.9. The molecule has 2 heterocycles. The van der Waals surface area contributed by atoms with Crippen LogP contribution in [0.1, 0.15) is 78.2 Å². The zero-order valence-electron chi connectivity index (χ0n) is 27.5. The highest BCUT2D eigenvalue weighted by atomic mass is 32.2.